The van der Waals surface area contributed by atoms with E-state index in [1.807, 2.05) is 0 Å². The first-order chi connectivity index (χ1) is 9.49. The van der Waals surface area contributed by atoms with E-state index in [-0.39, 0.29) is 13.2 Å². The minimum absolute atomic E-state index is 0.125. The number of carbonyl (C=O) groups is 2. The molecule has 118 valence electrons. The van der Waals surface area contributed by atoms with Crippen LogP contribution in [0.5, 0.6) is 0 Å². The molecule has 2 rings (SSSR count). The zero-order valence-corrected chi connectivity index (χ0v) is 11.6. The summed E-state index contributed by atoms with van der Waals surface area (Å²) in [5.74, 6) is -1.39. The van der Waals surface area contributed by atoms with Crippen molar-refractivity contribution in [2.75, 3.05) is 52.5 Å². The van der Waals surface area contributed by atoms with Crippen LogP contribution in [0.1, 0.15) is 12.8 Å². The zero-order chi connectivity index (χ0) is 15.4. The van der Waals surface area contributed by atoms with Gasteiger partial charge >= 0.3 is 11.9 Å². The van der Waals surface area contributed by atoms with E-state index in [0.29, 0.717) is 12.8 Å². The van der Waals surface area contributed by atoms with Gasteiger partial charge in [-0.05, 0) is 0 Å². The van der Waals surface area contributed by atoms with Gasteiger partial charge in [0, 0.05) is 39.3 Å². The summed E-state index contributed by atoms with van der Waals surface area (Å²) in [6.45, 7) is 5.58. The maximum absolute atomic E-state index is 9.90. The lowest BCUT2D eigenvalue weighted by Crippen LogP contribution is -2.05. The van der Waals surface area contributed by atoms with Gasteiger partial charge in [-0.3, -0.25) is 9.59 Å². The second-order valence-electron chi connectivity index (χ2n) is 4.42. The molecule has 0 aliphatic carbocycles. The van der Waals surface area contributed by atoms with Gasteiger partial charge in [0.05, 0.1) is 26.1 Å². The number of nitrogens with zero attached hydrogens (tertiary/aromatic N) is 2. The summed E-state index contributed by atoms with van der Waals surface area (Å²) in [4.78, 5) is 24.0. The molecule has 0 aromatic carbocycles. The van der Waals surface area contributed by atoms with Gasteiger partial charge in [0.15, 0.2) is 0 Å². The van der Waals surface area contributed by atoms with Crippen LogP contribution < -0.4 is 0 Å². The molecule has 0 aromatic rings. The smallest absolute Gasteiger partial charge is 0.304 e. The molecule has 0 radical (unpaired) electrons. The van der Waals surface area contributed by atoms with E-state index in [0.717, 1.165) is 39.3 Å². The number of hydrogen-bond donors (Lipinski definition) is 4. The molecular weight excluding hydrogens is 268 g/mol. The average Bonchev–Trinajstić information content (AvgIpc) is 3.29. The van der Waals surface area contributed by atoms with Crippen LogP contribution in [0.3, 0.4) is 0 Å². The SMILES string of the molecule is O=C(O)CCN1CC1.O=C(O)CCN1CC1.OCCO. The molecule has 2 aliphatic heterocycles. The molecule has 0 amide bonds. The number of hydrogen-bond acceptors (Lipinski definition) is 6. The van der Waals surface area contributed by atoms with Crippen molar-refractivity contribution in [2.45, 2.75) is 12.8 Å². The summed E-state index contributed by atoms with van der Waals surface area (Å²) in [5, 5.41) is 31.6. The van der Waals surface area contributed by atoms with Gasteiger partial charge in [-0.25, -0.2) is 0 Å². The van der Waals surface area contributed by atoms with Crippen molar-refractivity contribution < 1.29 is 30.0 Å². The van der Waals surface area contributed by atoms with E-state index in [2.05, 4.69) is 9.80 Å². The maximum atomic E-state index is 9.90. The Hall–Kier alpha value is -1.22. The Balaban J connectivity index is 0.000000289. The van der Waals surface area contributed by atoms with Gasteiger partial charge in [-0.1, -0.05) is 0 Å². The lowest BCUT2D eigenvalue weighted by atomic mass is 10.4. The Morgan fingerprint density at radius 2 is 1.05 bits per heavy atom. The molecular formula is C12H24N2O6. The fraction of sp³-hybridized carbons (Fsp3) is 0.833. The highest BCUT2D eigenvalue weighted by molar-refractivity contribution is 5.67. The molecule has 2 aliphatic rings. The van der Waals surface area contributed by atoms with E-state index in [1.54, 1.807) is 0 Å². The van der Waals surface area contributed by atoms with Crippen LogP contribution >= 0.6 is 0 Å². The molecule has 0 atom stereocenters. The summed E-state index contributed by atoms with van der Waals surface area (Å²) in [6.07, 6.45) is 0.583. The topological polar surface area (TPSA) is 121 Å². The van der Waals surface area contributed by atoms with Crippen molar-refractivity contribution >= 4 is 11.9 Å². The Bertz CT molecular complexity index is 251. The van der Waals surface area contributed by atoms with Gasteiger partial charge in [0.25, 0.3) is 0 Å². The van der Waals surface area contributed by atoms with E-state index in [4.69, 9.17) is 20.4 Å². The molecule has 2 saturated heterocycles. The third-order valence-electron chi connectivity index (χ3n) is 2.46. The van der Waals surface area contributed by atoms with Crippen LogP contribution in [-0.2, 0) is 9.59 Å². The minimum Gasteiger partial charge on any atom is -0.481 e. The second kappa shape index (κ2) is 11.6. The Morgan fingerprint density at radius 1 is 0.750 bits per heavy atom. The highest BCUT2D eigenvalue weighted by atomic mass is 16.4. The summed E-state index contributed by atoms with van der Waals surface area (Å²) >= 11 is 0. The fourth-order valence-electron chi connectivity index (χ4n) is 1.10. The van der Waals surface area contributed by atoms with E-state index < -0.39 is 11.9 Å². The maximum Gasteiger partial charge on any atom is 0.304 e. The normalized spacial score (nSPS) is 16.3. The first-order valence-electron chi connectivity index (χ1n) is 6.59. The molecule has 2 fully saturated rings. The van der Waals surface area contributed by atoms with Crippen LogP contribution in [0.15, 0.2) is 0 Å². The van der Waals surface area contributed by atoms with E-state index in [9.17, 15) is 9.59 Å². The largest absolute Gasteiger partial charge is 0.481 e. The molecule has 0 saturated carbocycles. The highest BCUT2D eigenvalue weighted by Gasteiger charge is 2.17. The van der Waals surface area contributed by atoms with Crippen LogP contribution in [-0.4, -0.2) is 94.6 Å². The molecule has 2 heterocycles. The number of aliphatic hydroxyl groups is 2. The summed E-state index contributed by atoms with van der Waals surface area (Å²) in [5.41, 5.74) is 0. The predicted molar refractivity (Wildman–Crippen MR) is 71.6 cm³/mol. The van der Waals surface area contributed by atoms with Gasteiger partial charge in [-0.15, -0.1) is 0 Å². The molecule has 4 N–H and O–H groups in total. The predicted octanol–water partition coefficient (Wildman–Crippen LogP) is -1.48. The van der Waals surface area contributed by atoms with Crippen LogP contribution in [0.25, 0.3) is 0 Å². The standard InChI is InChI=1S/2C5H9NO2.C2H6O2/c2*7-5(8)1-2-6-3-4-6;3-1-2-4/h2*1-4H2,(H,7,8);3-4H,1-2H2. The molecule has 20 heavy (non-hydrogen) atoms. The molecule has 8 heteroatoms. The lowest BCUT2D eigenvalue weighted by molar-refractivity contribution is -0.138. The van der Waals surface area contributed by atoms with Gasteiger partial charge < -0.3 is 30.2 Å². The average molecular weight is 292 g/mol. The van der Waals surface area contributed by atoms with Gasteiger partial charge in [0.1, 0.15) is 0 Å². The van der Waals surface area contributed by atoms with Crippen molar-refractivity contribution in [3.63, 3.8) is 0 Å². The third kappa shape index (κ3) is 16.8. The molecule has 0 unspecified atom stereocenters. The fourth-order valence-corrected chi connectivity index (χ4v) is 1.10. The van der Waals surface area contributed by atoms with Crippen molar-refractivity contribution in [1.82, 2.24) is 9.80 Å². The van der Waals surface area contributed by atoms with Crippen molar-refractivity contribution in [2.24, 2.45) is 0 Å². The van der Waals surface area contributed by atoms with Crippen LogP contribution in [0, 0.1) is 0 Å². The summed E-state index contributed by atoms with van der Waals surface area (Å²) in [7, 11) is 0. The first kappa shape index (κ1) is 18.8. The summed E-state index contributed by atoms with van der Waals surface area (Å²) in [6, 6.07) is 0. The van der Waals surface area contributed by atoms with Crippen LogP contribution in [0.2, 0.25) is 0 Å². The Morgan fingerprint density at radius 3 is 1.20 bits per heavy atom. The van der Waals surface area contributed by atoms with E-state index in [1.165, 1.54) is 0 Å². The zero-order valence-electron chi connectivity index (χ0n) is 11.6. The Kier molecular flexibility index (Phi) is 10.9. The Labute approximate surface area is 118 Å². The summed E-state index contributed by atoms with van der Waals surface area (Å²) < 4.78 is 0. The van der Waals surface area contributed by atoms with Crippen molar-refractivity contribution in [3.8, 4) is 0 Å². The highest BCUT2D eigenvalue weighted by Crippen LogP contribution is 2.03. The molecule has 0 spiro atoms. The number of carboxylic acid groups (broad SMARTS) is 2. The molecule has 8 nitrogen and oxygen atoms in total. The lowest BCUT2D eigenvalue weighted by Gasteiger charge is -1.92. The third-order valence-corrected chi connectivity index (χ3v) is 2.46. The van der Waals surface area contributed by atoms with Gasteiger partial charge in [0.2, 0.25) is 0 Å². The van der Waals surface area contributed by atoms with Crippen molar-refractivity contribution in [1.29, 1.82) is 0 Å². The molecule has 0 bridgehead atoms. The number of aliphatic hydroxyl groups excluding tert-OH is 2. The monoisotopic (exact) mass is 292 g/mol. The second-order valence-corrected chi connectivity index (χ2v) is 4.42. The quantitative estimate of drug-likeness (QED) is 0.419. The number of carboxylic acids is 2. The van der Waals surface area contributed by atoms with Gasteiger partial charge in [-0.2, -0.15) is 0 Å². The van der Waals surface area contributed by atoms with E-state index >= 15 is 0 Å². The minimum atomic E-state index is -0.697. The van der Waals surface area contributed by atoms with Crippen molar-refractivity contribution in [3.05, 3.63) is 0 Å². The number of rotatable bonds is 7. The molecule has 0 aromatic heterocycles. The number of aliphatic carboxylic acids is 2. The van der Waals surface area contributed by atoms with Crippen LogP contribution in [0.4, 0.5) is 0 Å². The first-order valence-corrected chi connectivity index (χ1v) is 6.59.